The van der Waals surface area contributed by atoms with Crippen molar-refractivity contribution in [3.63, 3.8) is 0 Å². The second-order valence-electron chi connectivity index (χ2n) is 4.83. The topological polar surface area (TPSA) is 41.1 Å². The minimum absolute atomic E-state index is 0.829. The first-order valence-electron chi connectivity index (χ1n) is 6.66. The first-order chi connectivity index (χ1) is 9.33. The van der Waals surface area contributed by atoms with Crippen molar-refractivity contribution in [3.05, 3.63) is 41.2 Å². The largest absolute Gasteiger partial charge is 0.344 e. The molecule has 19 heavy (non-hydrogen) atoms. The summed E-state index contributed by atoms with van der Waals surface area (Å²) < 4.78 is 4.50. The van der Waals surface area contributed by atoms with Gasteiger partial charge in [0.1, 0.15) is 5.82 Å². The molecule has 0 spiro atoms. The first kappa shape index (κ1) is 12.6. The summed E-state index contributed by atoms with van der Waals surface area (Å²) in [6.45, 7) is 6.26. The van der Waals surface area contributed by atoms with Crippen molar-refractivity contribution in [3.8, 4) is 0 Å². The fourth-order valence-corrected chi connectivity index (χ4v) is 3.02. The number of nitrogens with one attached hydrogen (secondary N) is 1. The quantitative estimate of drug-likeness (QED) is 0.927. The Morgan fingerprint density at radius 1 is 1.26 bits per heavy atom. The highest BCUT2D eigenvalue weighted by molar-refractivity contribution is 7.09. The fourth-order valence-electron chi connectivity index (χ4n) is 2.28. The van der Waals surface area contributed by atoms with Crippen molar-refractivity contribution in [1.29, 1.82) is 0 Å². The second kappa shape index (κ2) is 5.67. The molecule has 4 nitrogen and oxygen atoms in total. The van der Waals surface area contributed by atoms with E-state index in [9.17, 15) is 0 Å². The van der Waals surface area contributed by atoms with Crippen LogP contribution in [-0.2, 0) is 6.42 Å². The van der Waals surface area contributed by atoms with Gasteiger partial charge in [-0.15, -0.1) is 0 Å². The van der Waals surface area contributed by atoms with Crippen molar-refractivity contribution in [2.45, 2.75) is 13.3 Å². The number of hydrogen-bond donors (Lipinski definition) is 1. The average molecular weight is 274 g/mol. The maximum Gasteiger partial charge on any atom is 0.205 e. The first-order valence-corrected chi connectivity index (χ1v) is 7.43. The summed E-state index contributed by atoms with van der Waals surface area (Å²) in [7, 11) is 0. The zero-order chi connectivity index (χ0) is 13.1. The SMILES string of the molecule is Cc1ccccc1Cc1nsc(N2CCNCC2)n1. The van der Waals surface area contributed by atoms with Gasteiger partial charge in [0, 0.05) is 44.1 Å². The van der Waals surface area contributed by atoms with Crippen LogP contribution in [0.15, 0.2) is 24.3 Å². The van der Waals surface area contributed by atoms with Crippen LogP contribution in [0.4, 0.5) is 5.13 Å². The van der Waals surface area contributed by atoms with Crippen LogP contribution >= 0.6 is 11.5 Å². The summed E-state index contributed by atoms with van der Waals surface area (Å²) in [5.74, 6) is 0.938. The lowest BCUT2D eigenvalue weighted by molar-refractivity contribution is 0.588. The van der Waals surface area contributed by atoms with Gasteiger partial charge in [-0.05, 0) is 18.1 Å². The number of nitrogens with zero attached hydrogens (tertiary/aromatic N) is 3. The third kappa shape index (κ3) is 2.93. The molecule has 0 bridgehead atoms. The Morgan fingerprint density at radius 2 is 2.05 bits per heavy atom. The van der Waals surface area contributed by atoms with Gasteiger partial charge in [-0.1, -0.05) is 24.3 Å². The monoisotopic (exact) mass is 274 g/mol. The summed E-state index contributed by atoms with van der Waals surface area (Å²) >= 11 is 1.52. The van der Waals surface area contributed by atoms with Crippen LogP contribution in [0.1, 0.15) is 17.0 Å². The number of hydrogen-bond acceptors (Lipinski definition) is 5. The zero-order valence-corrected chi connectivity index (χ0v) is 11.9. The van der Waals surface area contributed by atoms with Gasteiger partial charge in [0.2, 0.25) is 5.13 Å². The van der Waals surface area contributed by atoms with Crippen LogP contribution in [0.3, 0.4) is 0 Å². The van der Waals surface area contributed by atoms with E-state index in [1.165, 1.54) is 22.7 Å². The van der Waals surface area contributed by atoms with Crippen LogP contribution in [-0.4, -0.2) is 35.5 Å². The molecular weight excluding hydrogens is 256 g/mol. The molecule has 3 rings (SSSR count). The Hall–Kier alpha value is -1.46. The Kier molecular flexibility index (Phi) is 3.75. The molecule has 0 saturated carbocycles. The van der Waals surface area contributed by atoms with Crippen molar-refractivity contribution in [1.82, 2.24) is 14.7 Å². The van der Waals surface area contributed by atoms with Crippen LogP contribution in [0.2, 0.25) is 0 Å². The number of piperazine rings is 1. The molecular formula is C14H18N4S. The summed E-state index contributed by atoms with van der Waals surface area (Å²) in [4.78, 5) is 6.99. The third-order valence-corrected chi connectivity index (χ3v) is 4.27. The predicted octanol–water partition coefficient (Wildman–Crippen LogP) is 1.85. The molecule has 0 amide bonds. The molecule has 0 atom stereocenters. The molecule has 2 heterocycles. The average Bonchev–Trinajstić information content (AvgIpc) is 2.91. The Bertz CT molecular complexity index is 546. The fraction of sp³-hybridized carbons (Fsp3) is 0.429. The smallest absolute Gasteiger partial charge is 0.205 e. The molecule has 1 aromatic heterocycles. The highest BCUT2D eigenvalue weighted by atomic mass is 32.1. The van der Waals surface area contributed by atoms with Gasteiger partial charge in [0.15, 0.2) is 0 Å². The van der Waals surface area contributed by atoms with Crippen LogP contribution in [0.25, 0.3) is 0 Å². The molecule has 5 heteroatoms. The van der Waals surface area contributed by atoms with E-state index in [1.807, 2.05) is 0 Å². The highest BCUT2D eigenvalue weighted by Crippen LogP contribution is 2.20. The number of aryl methyl sites for hydroxylation is 1. The van der Waals surface area contributed by atoms with Gasteiger partial charge in [-0.2, -0.15) is 4.37 Å². The van der Waals surface area contributed by atoms with Gasteiger partial charge in [0.25, 0.3) is 0 Å². The molecule has 1 N–H and O–H groups in total. The van der Waals surface area contributed by atoms with E-state index in [2.05, 4.69) is 50.8 Å². The van der Waals surface area contributed by atoms with E-state index < -0.39 is 0 Å². The number of rotatable bonds is 3. The van der Waals surface area contributed by atoms with Crippen LogP contribution in [0, 0.1) is 6.92 Å². The summed E-state index contributed by atoms with van der Waals surface area (Å²) in [6, 6.07) is 8.44. The van der Waals surface area contributed by atoms with Gasteiger partial charge in [-0.3, -0.25) is 0 Å². The number of benzene rings is 1. The number of anilines is 1. The van der Waals surface area contributed by atoms with Crippen molar-refractivity contribution in [2.24, 2.45) is 0 Å². The van der Waals surface area contributed by atoms with E-state index in [4.69, 9.17) is 0 Å². The van der Waals surface area contributed by atoms with Crippen molar-refractivity contribution >= 4 is 16.7 Å². The number of aromatic nitrogens is 2. The minimum Gasteiger partial charge on any atom is -0.344 e. The van der Waals surface area contributed by atoms with Gasteiger partial charge < -0.3 is 10.2 Å². The van der Waals surface area contributed by atoms with E-state index in [1.54, 1.807) is 0 Å². The van der Waals surface area contributed by atoms with Gasteiger partial charge in [0.05, 0.1) is 0 Å². The molecule has 1 aromatic carbocycles. The zero-order valence-electron chi connectivity index (χ0n) is 11.1. The van der Waals surface area contributed by atoms with Crippen LogP contribution < -0.4 is 10.2 Å². The lowest BCUT2D eigenvalue weighted by atomic mass is 10.1. The lowest BCUT2D eigenvalue weighted by Crippen LogP contribution is -2.43. The van der Waals surface area contributed by atoms with E-state index in [0.717, 1.165) is 43.6 Å². The summed E-state index contributed by atoms with van der Waals surface area (Å²) in [5.41, 5.74) is 2.62. The van der Waals surface area contributed by atoms with Crippen LogP contribution in [0.5, 0.6) is 0 Å². The molecule has 2 aromatic rings. The Morgan fingerprint density at radius 3 is 2.84 bits per heavy atom. The molecule has 1 saturated heterocycles. The molecule has 100 valence electrons. The Labute approximate surface area is 117 Å². The van der Waals surface area contributed by atoms with E-state index >= 15 is 0 Å². The summed E-state index contributed by atoms with van der Waals surface area (Å²) in [5, 5.41) is 4.41. The summed E-state index contributed by atoms with van der Waals surface area (Å²) in [6.07, 6.45) is 0.829. The molecule has 0 unspecified atom stereocenters. The van der Waals surface area contributed by atoms with Crippen molar-refractivity contribution in [2.75, 3.05) is 31.1 Å². The maximum absolute atomic E-state index is 4.68. The maximum atomic E-state index is 4.68. The third-order valence-electron chi connectivity index (χ3n) is 3.45. The molecule has 0 aliphatic carbocycles. The lowest BCUT2D eigenvalue weighted by Gasteiger charge is -2.26. The Balaban J connectivity index is 1.73. The van der Waals surface area contributed by atoms with E-state index in [-0.39, 0.29) is 0 Å². The van der Waals surface area contributed by atoms with E-state index in [0.29, 0.717) is 0 Å². The van der Waals surface area contributed by atoms with Gasteiger partial charge in [-0.25, -0.2) is 4.98 Å². The van der Waals surface area contributed by atoms with Gasteiger partial charge >= 0.3 is 0 Å². The minimum atomic E-state index is 0.829. The molecule has 0 radical (unpaired) electrons. The standard InChI is InChI=1S/C14H18N4S/c1-11-4-2-3-5-12(11)10-13-16-14(19-17-13)18-8-6-15-7-9-18/h2-5,15H,6-10H2,1H3. The predicted molar refractivity (Wildman–Crippen MR) is 79.0 cm³/mol. The molecule has 1 aliphatic rings. The molecule has 1 aliphatic heterocycles. The van der Waals surface area contributed by atoms with Crippen molar-refractivity contribution < 1.29 is 0 Å². The molecule has 1 fully saturated rings. The second-order valence-corrected chi connectivity index (χ2v) is 5.56. The highest BCUT2D eigenvalue weighted by Gasteiger charge is 2.15. The normalized spacial score (nSPS) is 15.7.